The molecular formula is C16H22N2O5. The van der Waals surface area contributed by atoms with E-state index in [0.717, 1.165) is 11.1 Å². The number of carbonyl (C=O) groups excluding carboxylic acids is 2. The smallest absolute Gasteiger partial charge is 0.411 e. The van der Waals surface area contributed by atoms with Crippen LogP contribution in [-0.2, 0) is 27.2 Å². The Morgan fingerprint density at radius 3 is 2.52 bits per heavy atom. The number of nitrogens with zero attached hydrogens (tertiary/aromatic N) is 1. The topological polar surface area (TPSA) is 102 Å². The van der Waals surface area contributed by atoms with Crippen molar-refractivity contribution in [3.63, 3.8) is 0 Å². The number of amides is 1. The molecule has 0 saturated carbocycles. The van der Waals surface area contributed by atoms with Gasteiger partial charge in [0.25, 0.3) is 0 Å². The van der Waals surface area contributed by atoms with Crippen molar-refractivity contribution in [2.24, 2.45) is 0 Å². The molecule has 7 nitrogen and oxygen atoms in total. The molecule has 0 saturated heterocycles. The van der Waals surface area contributed by atoms with Gasteiger partial charge in [-0.3, -0.25) is 4.90 Å². The fraction of sp³-hybridized carbons (Fsp3) is 0.500. The van der Waals surface area contributed by atoms with Crippen LogP contribution in [0.2, 0.25) is 0 Å². The third-order valence-electron chi connectivity index (χ3n) is 3.58. The summed E-state index contributed by atoms with van der Waals surface area (Å²) in [6, 6.07) is 2.34. The first-order valence-corrected chi connectivity index (χ1v) is 7.30. The molecule has 0 fully saturated rings. The summed E-state index contributed by atoms with van der Waals surface area (Å²) < 4.78 is 10.2. The Kier molecular flexibility index (Phi) is 4.40. The summed E-state index contributed by atoms with van der Waals surface area (Å²) in [7, 11) is 1.27. The summed E-state index contributed by atoms with van der Waals surface area (Å²) in [5.74, 6) is -0.572. The number of phenolic OH excluding ortho intramolecular Hbond substituents is 1. The van der Waals surface area contributed by atoms with Gasteiger partial charge < -0.3 is 20.3 Å². The molecule has 0 aromatic heterocycles. The first-order chi connectivity index (χ1) is 10.6. The predicted octanol–water partition coefficient (Wildman–Crippen LogP) is 1.81. The molecule has 1 aromatic rings. The molecule has 0 bridgehead atoms. The third-order valence-corrected chi connectivity index (χ3v) is 3.58. The van der Waals surface area contributed by atoms with E-state index in [2.05, 4.69) is 0 Å². The summed E-state index contributed by atoms with van der Waals surface area (Å²) in [6.45, 7) is 5.39. The van der Waals surface area contributed by atoms with Crippen LogP contribution in [0.1, 0.15) is 31.9 Å². The van der Waals surface area contributed by atoms with Crippen LogP contribution in [0.15, 0.2) is 12.1 Å². The second kappa shape index (κ2) is 5.98. The molecule has 0 aliphatic carbocycles. The zero-order valence-corrected chi connectivity index (χ0v) is 13.8. The highest BCUT2D eigenvalue weighted by Crippen LogP contribution is 2.32. The van der Waals surface area contributed by atoms with Crippen LogP contribution >= 0.6 is 0 Å². The van der Waals surface area contributed by atoms with Gasteiger partial charge in [-0.05, 0) is 44.0 Å². The maximum Gasteiger partial charge on any atom is 0.411 e. The van der Waals surface area contributed by atoms with Gasteiger partial charge >= 0.3 is 12.1 Å². The van der Waals surface area contributed by atoms with E-state index in [-0.39, 0.29) is 24.4 Å². The Balaban J connectivity index is 2.36. The van der Waals surface area contributed by atoms with Crippen molar-refractivity contribution in [1.82, 2.24) is 4.90 Å². The van der Waals surface area contributed by atoms with E-state index in [1.165, 1.54) is 18.1 Å². The number of aromatic hydroxyl groups is 1. The molecule has 1 aliphatic rings. The number of rotatable bonds is 1. The van der Waals surface area contributed by atoms with Crippen LogP contribution in [0.3, 0.4) is 0 Å². The number of nitrogens with two attached hydrogens (primary N) is 1. The van der Waals surface area contributed by atoms with Crippen LogP contribution in [-0.4, -0.2) is 40.8 Å². The van der Waals surface area contributed by atoms with Crippen molar-refractivity contribution < 1.29 is 24.2 Å². The maximum absolute atomic E-state index is 12.4. The Morgan fingerprint density at radius 1 is 1.30 bits per heavy atom. The summed E-state index contributed by atoms with van der Waals surface area (Å²) in [5.41, 5.74) is 6.79. The minimum absolute atomic E-state index is 0.0515. The molecule has 0 radical (unpaired) electrons. The van der Waals surface area contributed by atoms with Gasteiger partial charge in [-0.2, -0.15) is 0 Å². The fourth-order valence-corrected chi connectivity index (χ4v) is 2.50. The molecule has 0 spiro atoms. The number of anilines is 1. The molecule has 1 heterocycles. The number of hydrogen-bond acceptors (Lipinski definition) is 6. The minimum atomic E-state index is -0.786. The highest BCUT2D eigenvalue weighted by molar-refractivity contribution is 5.82. The van der Waals surface area contributed by atoms with Crippen molar-refractivity contribution in [3.05, 3.63) is 23.3 Å². The first kappa shape index (κ1) is 16.9. The first-order valence-electron chi connectivity index (χ1n) is 7.30. The molecule has 1 amide bonds. The highest BCUT2D eigenvalue weighted by Gasteiger charge is 2.38. The molecule has 1 atom stereocenters. The zero-order valence-electron chi connectivity index (χ0n) is 13.8. The van der Waals surface area contributed by atoms with Crippen LogP contribution in [0.4, 0.5) is 10.5 Å². The second-order valence-electron chi connectivity index (χ2n) is 6.53. The lowest BCUT2D eigenvalue weighted by atomic mass is 9.93. The van der Waals surface area contributed by atoms with Gasteiger partial charge in [0, 0.05) is 6.42 Å². The van der Waals surface area contributed by atoms with E-state index in [1.54, 1.807) is 26.8 Å². The normalized spacial score (nSPS) is 17.4. The van der Waals surface area contributed by atoms with Gasteiger partial charge in [0.1, 0.15) is 17.4 Å². The number of carbonyl (C=O) groups is 2. The number of fused-ring (bicyclic) bond motifs is 1. The van der Waals surface area contributed by atoms with Crippen LogP contribution in [0, 0.1) is 0 Å². The summed E-state index contributed by atoms with van der Waals surface area (Å²) >= 11 is 0. The molecule has 126 valence electrons. The number of methoxy groups -OCH3 is 1. The van der Waals surface area contributed by atoms with E-state index in [0.29, 0.717) is 0 Å². The molecular weight excluding hydrogens is 300 g/mol. The average molecular weight is 322 g/mol. The van der Waals surface area contributed by atoms with E-state index in [1.807, 2.05) is 0 Å². The third kappa shape index (κ3) is 3.67. The summed E-state index contributed by atoms with van der Waals surface area (Å²) in [6.07, 6.45) is -0.346. The summed E-state index contributed by atoms with van der Waals surface area (Å²) in [5, 5.41) is 9.76. The quantitative estimate of drug-likeness (QED) is 0.464. The molecule has 1 aromatic carbocycles. The van der Waals surface area contributed by atoms with E-state index >= 15 is 0 Å². The number of esters is 1. The molecule has 1 aliphatic heterocycles. The number of benzene rings is 1. The van der Waals surface area contributed by atoms with Gasteiger partial charge in [-0.25, -0.2) is 9.59 Å². The molecule has 23 heavy (non-hydrogen) atoms. The predicted molar refractivity (Wildman–Crippen MR) is 83.8 cm³/mol. The van der Waals surface area contributed by atoms with Crippen molar-refractivity contribution in [1.29, 1.82) is 0 Å². The molecule has 7 heteroatoms. The van der Waals surface area contributed by atoms with Crippen molar-refractivity contribution >= 4 is 17.7 Å². The van der Waals surface area contributed by atoms with Gasteiger partial charge in [-0.15, -0.1) is 0 Å². The Hall–Kier alpha value is -2.44. The minimum Gasteiger partial charge on any atom is -0.506 e. The van der Waals surface area contributed by atoms with E-state index in [9.17, 15) is 14.7 Å². The second-order valence-corrected chi connectivity index (χ2v) is 6.53. The highest BCUT2D eigenvalue weighted by atomic mass is 16.6. The molecule has 0 unspecified atom stereocenters. The van der Waals surface area contributed by atoms with Crippen molar-refractivity contribution in [2.45, 2.75) is 45.4 Å². The number of nitrogen functional groups attached to an aromatic ring is 1. The molecule has 3 N–H and O–H groups in total. The summed E-state index contributed by atoms with van der Waals surface area (Å²) in [4.78, 5) is 25.8. The number of phenols is 1. The van der Waals surface area contributed by atoms with Gasteiger partial charge in [0.15, 0.2) is 0 Å². The number of hydrogen-bond donors (Lipinski definition) is 2. The average Bonchev–Trinajstić information content (AvgIpc) is 2.44. The van der Waals surface area contributed by atoms with Crippen molar-refractivity contribution in [2.75, 3.05) is 12.8 Å². The van der Waals surface area contributed by atoms with E-state index in [4.69, 9.17) is 15.2 Å². The maximum atomic E-state index is 12.4. The van der Waals surface area contributed by atoms with Crippen LogP contribution < -0.4 is 5.73 Å². The van der Waals surface area contributed by atoms with Gasteiger partial charge in [0.05, 0.1) is 19.3 Å². The lowest BCUT2D eigenvalue weighted by molar-refractivity contribution is -0.147. The standard InChI is InChI=1S/C16H22N2O5/c1-16(2,3)23-15(21)18-8-10-7-13(19)11(17)5-9(10)6-12(18)14(20)22-4/h5,7,12,19H,6,8,17H2,1-4H3/t12-/m0/s1. The van der Waals surface area contributed by atoms with Crippen LogP contribution in [0.25, 0.3) is 0 Å². The zero-order chi connectivity index (χ0) is 17.4. The monoisotopic (exact) mass is 322 g/mol. The van der Waals surface area contributed by atoms with Crippen molar-refractivity contribution in [3.8, 4) is 5.75 Å². The lowest BCUT2D eigenvalue weighted by Gasteiger charge is -2.36. The fourth-order valence-electron chi connectivity index (χ4n) is 2.50. The largest absolute Gasteiger partial charge is 0.506 e. The number of ether oxygens (including phenoxy) is 2. The Bertz CT molecular complexity index is 636. The van der Waals surface area contributed by atoms with Crippen LogP contribution in [0.5, 0.6) is 5.75 Å². The van der Waals surface area contributed by atoms with E-state index < -0.39 is 23.7 Å². The van der Waals surface area contributed by atoms with Gasteiger partial charge in [0.2, 0.25) is 0 Å². The molecule has 2 rings (SSSR count). The Morgan fingerprint density at radius 2 is 1.96 bits per heavy atom. The SMILES string of the molecule is COC(=O)[C@@H]1Cc2cc(N)c(O)cc2CN1C(=O)OC(C)(C)C. The lowest BCUT2D eigenvalue weighted by Crippen LogP contribution is -2.50. The Labute approximate surface area is 135 Å². The van der Waals surface area contributed by atoms with Gasteiger partial charge in [-0.1, -0.05) is 0 Å².